The summed E-state index contributed by atoms with van der Waals surface area (Å²) in [6.45, 7) is 11.6. The van der Waals surface area contributed by atoms with Crippen LogP contribution in [-0.2, 0) is 16.6 Å². The average molecular weight is 319 g/mol. The molecule has 1 rings (SSSR count). The Kier molecular flexibility index (Phi) is 6.19. The maximum Gasteiger partial charge on any atom is 0.250 e. The third-order valence-corrected chi connectivity index (χ3v) is 5.79. The van der Waals surface area contributed by atoms with Crippen LogP contribution in [0, 0.1) is 5.41 Å². The van der Waals surface area contributed by atoms with Gasteiger partial charge in [-0.25, -0.2) is 13.1 Å². The van der Waals surface area contributed by atoms with Gasteiger partial charge in [-0.15, -0.1) is 11.3 Å². The highest BCUT2D eigenvalue weighted by atomic mass is 32.2. The molecule has 4 nitrogen and oxygen atoms in total. The smallest absolute Gasteiger partial charge is 0.250 e. The Bertz CT molecular complexity index is 514. The third kappa shape index (κ3) is 6.35. The van der Waals surface area contributed by atoms with Crippen molar-refractivity contribution in [3.8, 4) is 0 Å². The number of hydrogen-bond donors (Lipinski definition) is 2. The van der Waals surface area contributed by atoms with Crippen LogP contribution in [0.15, 0.2) is 16.3 Å². The molecule has 0 radical (unpaired) electrons. The molecule has 2 N–H and O–H groups in total. The Labute approximate surface area is 127 Å². The van der Waals surface area contributed by atoms with Gasteiger partial charge >= 0.3 is 0 Å². The lowest BCUT2D eigenvalue weighted by Crippen LogP contribution is -2.26. The second-order valence-electron chi connectivity index (χ2n) is 6.46. The molecule has 0 aromatic carbocycles. The summed E-state index contributed by atoms with van der Waals surface area (Å²) < 4.78 is 27.4. The van der Waals surface area contributed by atoms with Crippen LogP contribution in [0.5, 0.6) is 0 Å². The van der Waals surface area contributed by atoms with E-state index in [1.807, 2.05) is 6.07 Å². The summed E-state index contributed by atoms with van der Waals surface area (Å²) >= 11 is 1.33. The van der Waals surface area contributed by atoms with E-state index >= 15 is 0 Å². The van der Waals surface area contributed by atoms with E-state index in [1.54, 1.807) is 6.07 Å². The van der Waals surface area contributed by atoms with E-state index in [4.69, 9.17) is 0 Å². The minimum absolute atomic E-state index is 0.129. The molecular formula is C14H26N2O2S2. The van der Waals surface area contributed by atoms with Crippen LogP contribution in [0.4, 0.5) is 0 Å². The van der Waals surface area contributed by atoms with Crippen molar-refractivity contribution in [2.24, 2.45) is 5.41 Å². The highest BCUT2D eigenvalue weighted by molar-refractivity contribution is 7.91. The summed E-state index contributed by atoms with van der Waals surface area (Å²) in [6, 6.07) is 3.95. The van der Waals surface area contributed by atoms with Gasteiger partial charge in [0.15, 0.2) is 0 Å². The molecule has 0 aliphatic heterocycles. The van der Waals surface area contributed by atoms with E-state index in [0.717, 1.165) is 11.3 Å². The standard InChI is InChI=1S/C14H26N2O2S2/c1-11(2)15-10-12-6-7-13(19-12)20(17,18)16-9-8-14(3,4)5/h6-7,11,15-16H,8-10H2,1-5H3. The predicted octanol–water partition coefficient (Wildman–Crippen LogP) is 2.96. The second kappa shape index (κ2) is 7.02. The molecule has 0 saturated carbocycles. The van der Waals surface area contributed by atoms with E-state index in [-0.39, 0.29) is 5.41 Å². The minimum atomic E-state index is -3.36. The lowest BCUT2D eigenvalue weighted by Gasteiger charge is -2.17. The van der Waals surface area contributed by atoms with Crippen molar-refractivity contribution in [3.05, 3.63) is 17.0 Å². The lowest BCUT2D eigenvalue weighted by molar-refractivity contribution is 0.378. The number of rotatable bonds is 7. The van der Waals surface area contributed by atoms with Crippen LogP contribution >= 0.6 is 11.3 Å². The Hall–Kier alpha value is -0.430. The molecule has 0 atom stereocenters. The van der Waals surface area contributed by atoms with Gasteiger partial charge in [0.05, 0.1) is 0 Å². The maximum atomic E-state index is 12.1. The number of nitrogens with one attached hydrogen (secondary N) is 2. The topological polar surface area (TPSA) is 58.2 Å². The van der Waals surface area contributed by atoms with Crippen LogP contribution in [0.1, 0.15) is 45.9 Å². The fraction of sp³-hybridized carbons (Fsp3) is 0.714. The first-order valence-electron chi connectivity index (χ1n) is 6.92. The summed E-state index contributed by atoms with van der Waals surface area (Å²) in [5, 5.41) is 3.28. The molecule has 0 saturated heterocycles. The molecule has 0 aliphatic rings. The molecule has 0 amide bonds. The van der Waals surface area contributed by atoms with Crippen LogP contribution in [0.2, 0.25) is 0 Å². The van der Waals surface area contributed by atoms with Crippen LogP contribution in [0.3, 0.4) is 0 Å². The fourth-order valence-electron chi connectivity index (χ4n) is 1.53. The SMILES string of the molecule is CC(C)NCc1ccc(S(=O)(=O)NCCC(C)(C)C)s1. The molecule has 1 aromatic heterocycles. The van der Waals surface area contributed by atoms with Crippen molar-refractivity contribution in [2.75, 3.05) is 6.54 Å². The van der Waals surface area contributed by atoms with E-state index in [9.17, 15) is 8.42 Å². The molecule has 1 aromatic rings. The molecule has 0 bridgehead atoms. The molecular weight excluding hydrogens is 292 g/mol. The van der Waals surface area contributed by atoms with Gasteiger partial charge in [0.1, 0.15) is 4.21 Å². The van der Waals surface area contributed by atoms with Crippen molar-refractivity contribution in [3.63, 3.8) is 0 Å². The van der Waals surface area contributed by atoms with E-state index in [0.29, 0.717) is 23.3 Å². The predicted molar refractivity (Wildman–Crippen MR) is 85.6 cm³/mol. The number of sulfonamides is 1. The summed E-state index contributed by atoms with van der Waals surface area (Å²) in [4.78, 5) is 1.04. The number of hydrogen-bond acceptors (Lipinski definition) is 4. The van der Waals surface area contributed by atoms with E-state index in [1.165, 1.54) is 11.3 Å². The first kappa shape index (κ1) is 17.6. The zero-order valence-electron chi connectivity index (χ0n) is 13.0. The molecule has 0 fully saturated rings. The Morgan fingerprint density at radius 3 is 2.45 bits per heavy atom. The maximum absolute atomic E-state index is 12.1. The average Bonchev–Trinajstić information content (AvgIpc) is 2.73. The zero-order valence-corrected chi connectivity index (χ0v) is 14.6. The molecule has 1 heterocycles. The van der Waals surface area contributed by atoms with Gasteiger partial charge in [-0.1, -0.05) is 34.6 Å². The quantitative estimate of drug-likeness (QED) is 0.812. The first-order valence-corrected chi connectivity index (χ1v) is 9.22. The molecule has 20 heavy (non-hydrogen) atoms. The Morgan fingerprint density at radius 2 is 1.90 bits per heavy atom. The van der Waals surface area contributed by atoms with E-state index in [2.05, 4.69) is 44.7 Å². The molecule has 0 unspecified atom stereocenters. The third-order valence-electron chi connectivity index (χ3n) is 2.75. The van der Waals surface area contributed by atoms with Gasteiger partial charge in [0, 0.05) is 24.0 Å². The van der Waals surface area contributed by atoms with Crippen molar-refractivity contribution in [2.45, 2.75) is 57.8 Å². The Morgan fingerprint density at radius 1 is 1.25 bits per heavy atom. The van der Waals surface area contributed by atoms with Crippen molar-refractivity contribution in [1.82, 2.24) is 10.0 Å². The lowest BCUT2D eigenvalue weighted by atomic mass is 9.93. The first-order chi connectivity index (χ1) is 9.10. The summed E-state index contributed by atoms with van der Waals surface area (Å²) in [5.74, 6) is 0. The highest BCUT2D eigenvalue weighted by Gasteiger charge is 2.18. The van der Waals surface area contributed by atoms with Gasteiger partial charge in [-0.2, -0.15) is 0 Å². The van der Waals surface area contributed by atoms with Crippen LogP contribution in [-0.4, -0.2) is 21.0 Å². The summed E-state index contributed by atoms with van der Waals surface area (Å²) in [7, 11) is -3.36. The monoisotopic (exact) mass is 318 g/mol. The van der Waals surface area contributed by atoms with Gasteiger partial charge < -0.3 is 5.32 Å². The van der Waals surface area contributed by atoms with Gasteiger partial charge in [0.25, 0.3) is 0 Å². The second-order valence-corrected chi connectivity index (χ2v) is 9.63. The molecule has 6 heteroatoms. The number of thiophene rings is 1. The molecule has 116 valence electrons. The summed E-state index contributed by atoms with van der Waals surface area (Å²) in [6.07, 6.45) is 0.819. The molecule has 0 spiro atoms. The largest absolute Gasteiger partial charge is 0.310 e. The van der Waals surface area contributed by atoms with Crippen LogP contribution in [0.25, 0.3) is 0 Å². The van der Waals surface area contributed by atoms with Crippen molar-refractivity contribution in [1.29, 1.82) is 0 Å². The fourth-order valence-corrected chi connectivity index (χ4v) is 3.92. The van der Waals surface area contributed by atoms with Crippen molar-refractivity contribution >= 4 is 21.4 Å². The highest BCUT2D eigenvalue weighted by Crippen LogP contribution is 2.22. The van der Waals surface area contributed by atoms with Gasteiger partial charge in [0.2, 0.25) is 10.0 Å². The van der Waals surface area contributed by atoms with E-state index < -0.39 is 10.0 Å². The zero-order chi connectivity index (χ0) is 15.4. The Balaban J connectivity index is 2.59. The summed E-state index contributed by atoms with van der Waals surface area (Å²) in [5.41, 5.74) is 0.129. The molecule has 0 aliphatic carbocycles. The van der Waals surface area contributed by atoms with Crippen molar-refractivity contribution < 1.29 is 8.42 Å². The van der Waals surface area contributed by atoms with Gasteiger partial charge in [-0.05, 0) is 24.0 Å². The van der Waals surface area contributed by atoms with Crippen LogP contribution < -0.4 is 10.0 Å². The minimum Gasteiger partial charge on any atom is -0.310 e. The van der Waals surface area contributed by atoms with Gasteiger partial charge in [-0.3, -0.25) is 0 Å². The normalized spacial score (nSPS) is 13.1.